The predicted octanol–water partition coefficient (Wildman–Crippen LogP) is 1.91. The lowest BCUT2D eigenvalue weighted by Gasteiger charge is -2.20. The molecule has 1 N–H and O–H groups in total. The van der Waals surface area contributed by atoms with Crippen molar-refractivity contribution in [3.05, 3.63) is 30.3 Å². The van der Waals surface area contributed by atoms with Gasteiger partial charge in [-0.1, -0.05) is 18.2 Å². The average Bonchev–Trinajstić information content (AvgIpc) is 3.14. The van der Waals surface area contributed by atoms with Crippen LogP contribution in [0.15, 0.2) is 35.2 Å². The van der Waals surface area contributed by atoms with E-state index in [-0.39, 0.29) is 17.9 Å². The van der Waals surface area contributed by atoms with E-state index in [1.54, 1.807) is 0 Å². The molecule has 2 fully saturated rings. The van der Waals surface area contributed by atoms with Crippen LogP contribution in [0.5, 0.6) is 0 Å². The van der Waals surface area contributed by atoms with Crippen molar-refractivity contribution in [3.8, 4) is 0 Å². The number of nitrogens with zero attached hydrogens (tertiary/aromatic N) is 1. The zero-order valence-electron chi connectivity index (χ0n) is 12.0. The molecule has 21 heavy (non-hydrogen) atoms. The SMILES string of the molecule is O=C1CC[C@@H](C(=O)N2CC[C@@H](CSc3ccccc3)C2)N1. The lowest BCUT2D eigenvalue weighted by Crippen LogP contribution is -2.43. The van der Waals surface area contributed by atoms with Crippen LogP contribution in [0.4, 0.5) is 0 Å². The highest BCUT2D eigenvalue weighted by atomic mass is 32.2. The van der Waals surface area contributed by atoms with Gasteiger partial charge in [-0.05, 0) is 30.9 Å². The summed E-state index contributed by atoms with van der Waals surface area (Å²) >= 11 is 1.86. The van der Waals surface area contributed by atoms with E-state index < -0.39 is 0 Å². The highest BCUT2D eigenvalue weighted by molar-refractivity contribution is 7.99. The third-order valence-electron chi connectivity index (χ3n) is 4.12. The Morgan fingerprint density at radius 1 is 1.29 bits per heavy atom. The molecule has 2 heterocycles. The highest BCUT2D eigenvalue weighted by Gasteiger charge is 2.34. The summed E-state index contributed by atoms with van der Waals surface area (Å²) in [5.41, 5.74) is 0. The van der Waals surface area contributed by atoms with Crippen LogP contribution in [0, 0.1) is 5.92 Å². The molecule has 0 radical (unpaired) electrons. The quantitative estimate of drug-likeness (QED) is 0.865. The Morgan fingerprint density at radius 2 is 2.10 bits per heavy atom. The molecule has 2 atom stereocenters. The van der Waals surface area contributed by atoms with Gasteiger partial charge >= 0.3 is 0 Å². The Kier molecular flexibility index (Phi) is 4.48. The Hall–Kier alpha value is -1.49. The Labute approximate surface area is 129 Å². The maximum absolute atomic E-state index is 12.3. The normalized spacial score (nSPS) is 25.1. The van der Waals surface area contributed by atoms with Crippen LogP contribution >= 0.6 is 11.8 Å². The zero-order valence-corrected chi connectivity index (χ0v) is 12.8. The van der Waals surface area contributed by atoms with E-state index in [1.807, 2.05) is 22.7 Å². The summed E-state index contributed by atoms with van der Waals surface area (Å²) in [5, 5.41) is 2.77. The van der Waals surface area contributed by atoms with Gasteiger partial charge in [-0.3, -0.25) is 9.59 Å². The fourth-order valence-corrected chi connectivity index (χ4v) is 3.97. The summed E-state index contributed by atoms with van der Waals surface area (Å²) in [6.07, 6.45) is 2.20. The number of amides is 2. The number of thioether (sulfide) groups is 1. The van der Waals surface area contributed by atoms with E-state index >= 15 is 0 Å². The second-order valence-electron chi connectivity index (χ2n) is 5.72. The Morgan fingerprint density at radius 3 is 2.81 bits per heavy atom. The largest absolute Gasteiger partial charge is 0.344 e. The minimum Gasteiger partial charge on any atom is -0.344 e. The van der Waals surface area contributed by atoms with Gasteiger partial charge in [0.15, 0.2) is 0 Å². The van der Waals surface area contributed by atoms with Crippen molar-refractivity contribution < 1.29 is 9.59 Å². The molecule has 5 heteroatoms. The van der Waals surface area contributed by atoms with Crippen molar-refractivity contribution in [3.63, 3.8) is 0 Å². The number of nitrogens with one attached hydrogen (secondary N) is 1. The van der Waals surface area contributed by atoms with E-state index in [9.17, 15) is 9.59 Å². The molecule has 3 rings (SSSR count). The second kappa shape index (κ2) is 6.52. The van der Waals surface area contributed by atoms with Crippen LogP contribution < -0.4 is 5.32 Å². The molecule has 4 nitrogen and oxygen atoms in total. The molecular weight excluding hydrogens is 284 g/mol. The van der Waals surface area contributed by atoms with Crippen LogP contribution in [0.25, 0.3) is 0 Å². The fourth-order valence-electron chi connectivity index (χ4n) is 2.92. The average molecular weight is 304 g/mol. The molecule has 112 valence electrons. The van der Waals surface area contributed by atoms with E-state index in [0.717, 1.165) is 25.3 Å². The van der Waals surface area contributed by atoms with Crippen LogP contribution in [0.2, 0.25) is 0 Å². The monoisotopic (exact) mass is 304 g/mol. The van der Waals surface area contributed by atoms with Gasteiger partial charge in [0.25, 0.3) is 0 Å². The standard InChI is InChI=1S/C16H20N2O2S/c19-15-7-6-14(17-15)16(20)18-9-8-12(10-18)11-21-13-4-2-1-3-5-13/h1-5,12,14H,6-11H2,(H,17,19)/t12-,14+/m1/s1. The first-order valence-corrected chi connectivity index (χ1v) is 8.47. The summed E-state index contributed by atoms with van der Waals surface area (Å²) < 4.78 is 0. The molecule has 1 aromatic carbocycles. The maximum Gasteiger partial charge on any atom is 0.245 e. The molecule has 0 saturated carbocycles. The number of hydrogen-bond donors (Lipinski definition) is 1. The van der Waals surface area contributed by atoms with Crippen LogP contribution in [0.3, 0.4) is 0 Å². The molecular formula is C16H20N2O2S. The molecule has 2 aliphatic rings. The van der Waals surface area contributed by atoms with E-state index in [2.05, 4.69) is 29.6 Å². The molecule has 0 aliphatic carbocycles. The zero-order chi connectivity index (χ0) is 14.7. The van der Waals surface area contributed by atoms with Crippen molar-refractivity contribution in [2.45, 2.75) is 30.2 Å². The topological polar surface area (TPSA) is 49.4 Å². The van der Waals surface area contributed by atoms with Crippen molar-refractivity contribution in [1.82, 2.24) is 10.2 Å². The minimum atomic E-state index is -0.280. The molecule has 2 amide bonds. The van der Waals surface area contributed by atoms with E-state index in [1.165, 1.54) is 4.90 Å². The first kappa shape index (κ1) is 14.4. The van der Waals surface area contributed by atoms with Gasteiger partial charge in [0, 0.05) is 30.2 Å². The minimum absolute atomic E-state index is 0.00345. The van der Waals surface area contributed by atoms with E-state index in [4.69, 9.17) is 0 Å². The van der Waals surface area contributed by atoms with Crippen LogP contribution in [-0.2, 0) is 9.59 Å². The number of carbonyl (C=O) groups is 2. The lowest BCUT2D eigenvalue weighted by atomic mass is 10.1. The van der Waals surface area contributed by atoms with Gasteiger partial charge in [0.1, 0.15) is 6.04 Å². The molecule has 0 bridgehead atoms. The molecule has 0 unspecified atom stereocenters. The number of hydrogen-bond acceptors (Lipinski definition) is 3. The van der Waals surface area contributed by atoms with Gasteiger partial charge in [-0.25, -0.2) is 0 Å². The number of benzene rings is 1. The summed E-state index contributed by atoms with van der Waals surface area (Å²) in [4.78, 5) is 26.7. The fraction of sp³-hybridized carbons (Fsp3) is 0.500. The number of carbonyl (C=O) groups excluding carboxylic acids is 2. The maximum atomic E-state index is 12.3. The van der Waals surface area contributed by atoms with Crippen LogP contribution in [0.1, 0.15) is 19.3 Å². The molecule has 0 aromatic heterocycles. The van der Waals surface area contributed by atoms with Gasteiger partial charge in [0.2, 0.25) is 11.8 Å². The number of likely N-dealkylation sites (tertiary alicyclic amines) is 1. The Balaban J connectivity index is 1.47. The Bertz CT molecular complexity index is 520. The number of rotatable bonds is 4. The van der Waals surface area contributed by atoms with Gasteiger partial charge < -0.3 is 10.2 Å². The van der Waals surface area contributed by atoms with Crippen molar-refractivity contribution in [2.24, 2.45) is 5.92 Å². The lowest BCUT2D eigenvalue weighted by molar-refractivity contribution is -0.133. The third kappa shape index (κ3) is 3.59. The van der Waals surface area contributed by atoms with Crippen molar-refractivity contribution >= 4 is 23.6 Å². The van der Waals surface area contributed by atoms with Gasteiger partial charge in [-0.2, -0.15) is 0 Å². The first-order chi connectivity index (χ1) is 10.2. The van der Waals surface area contributed by atoms with Crippen molar-refractivity contribution in [1.29, 1.82) is 0 Å². The molecule has 1 aromatic rings. The molecule has 2 saturated heterocycles. The molecule has 0 spiro atoms. The smallest absolute Gasteiger partial charge is 0.245 e. The summed E-state index contributed by atoms with van der Waals surface area (Å²) in [6, 6.07) is 10.1. The predicted molar refractivity (Wildman–Crippen MR) is 83.0 cm³/mol. The highest BCUT2D eigenvalue weighted by Crippen LogP contribution is 2.26. The van der Waals surface area contributed by atoms with Gasteiger partial charge in [-0.15, -0.1) is 11.8 Å². The first-order valence-electron chi connectivity index (χ1n) is 7.48. The second-order valence-corrected chi connectivity index (χ2v) is 6.82. The summed E-state index contributed by atoms with van der Waals surface area (Å²) in [6.45, 7) is 1.65. The summed E-state index contributed by atoms with van der Waals surface area (Å²) in [5.74, 6) is 1.71. The van der Waals surface area contributed by atoms with Crippen molar-refractivity contribution in [2.75, 3.05) is 18.8 Å². The summed E-state index contributed by atoms with van der Waals surface area (Å²) in [7, 11) is 0. The third-order valence-corrected chi connectivity index (χ3v) is 5.36. The van der Waals surface area contributed by atoms with E-state index in [0.29, 0.717) is 18.8 Å². The van der Waals surface area contributed by atoms with Gasteiger partial charge in [0.05, 0.1) is 0 Å². The van der Waals surface area contributed by atoms with Crippen LogP contribution in [-0.4, -0.2) is 41.6 Å². The molecule has 2 aliphatic heterocycles.